The first-order chi connectivity index (χ1) is 9.47. The van der Waals surface area contributed by atoms with E-state index in [1.807, 2.05) is 32.1 Å². The fraction of sp³-hybridized carbons (Fsp3) is 0.500. The molecule has 4 heteroatoms. The molecule has 0 saturated carbocycles. The Kier molecular flexibility index (Phi) is 10.4. The lowest BCUT2D eigenvalue weighted by molar-refractivity contribution is 0.286. The largest absolute Gasteiger partial charge is 0.353 e. The first-order valence-electron chi connectivity index (χ1n) is 6.83. The SMILES string of the molecule is C/C=C\CC/C(C)=C/C=C/C(C)/C=C/P(=O)(OC)OC. The lowest BCUT2D eigenvalue weighted by Crippen LogP contribution is -1.86. The van der Waals surface area contributed by atoms with E-state index in [4.69, 9.17) is 9.05 Å². The second kappa shape index (κ2) is 10.8. The molecular weight excluding hydrogens is 271 g/mol. The van der Waals surface area contributed by atoms with Gasteiger partial charge in [-0.25, -0.2) is 0 Å². The monoisotopic (exact) mass is 298 g/mol. The van der Waals surface area contributed by atoms with Crippen molar-refractivity contribution in [2.75, 3.05) is 14.2 Å². The van der Waals surface area contributed by atoms with Crippen LogP contribution in [-0.2, 0) is 13.6 Å². The van der Waals surface area contributed by atoms with Gasteiger partial charge < -0.3 is 9.05 Å². The van der Waals surface area contributed by atoms with E-state index in [9.17, 15) is 4.57 Å². The summed E-state index contributed by atoms with van der Waals surface area (Å²) in [7, 11) is -0.280. The molecule has 0 saturated heterocycles. The normalized spacial score (nSPS) is 15.8. The van der Waals surface area contributed by atoms with E-state index in [0.717, 1.165) is 12.8 Å². The summed E-state index contributed by atoms with van der Waals surface area (Å²) in [6.45, 7) is 6.18. The number of hydrogen-bond acceptors (Lipinski definition) is 3. The summed E-state index contributed by atoms with van der Waals surface area (Å²) in [5.41, 5.74) is 1.34. The standard InChI is InChI=1S/C16H27O3P/c1-6-7-8-10-15(2)11-9-12-16(3)13-14-20(17,18-4)19-5/h6-7,9,11-14,16H,8,10H2,1-5H3/b7-6-,12-9+,14-13+,15-11+. The minimum atomic E-state index is -3.04. The van der Waals surface area contributed by atoms with Crippen molar-refractivity contribution >= 4 is 7.60 Å². The maximum absolute atomic E-state index is 11.8. The van der Waals surface area contributed by atoms with Crippen molar-refractivity contribution in [1.29, 1.82) is 0 Å². The van der Waals surface area contributed by atoms with Crippen molar-refractivity contribution in [2.45, 2.75) is 33.6 Å². The van der Waals surface area contributed by atoms with Crippen LogP contribution in [0.1, 0.15) is 33.6 Å². The highest BCUT2D eigenvalue weighted by Crippen LogP contribution is 2.48. The summed E-state index contributed by atoms with van der Waals surface area (Å²) in [6, 6.07) is 0. The zero-order valence-electron chi connectivity index (χ0n) is 13.2. The van der Waals surface area contributed by atoms with Crippen LogP contribution in [0.25, 0.3) is 0 Å². The van der Waals surface area contributed by atoms with Crippen LogP contribution in [0.3, 0.4) is 0 Å². The van der Waals surface area contributed by atoms with Crippen molar-refractivity contribution in [2.24, 2.45) is 5.92 Å². The lowest BCUT2D eigenvalue weighted by Gasteiger charge is -2.08. The molecule has 0 spiro atoms. The fourth-order valence-corrected chi connectivity index (χ4v) is 2.33. The minimum absolute atomic E-state index is 0.174. The van der Waals surface area contributed by atoms with Gasteiger partial charge in [-0.2, -0.15) is 0 Å². The Balaban J connectivity index is 4.35. The van der Waals surface area contributed by atoms with Gasteiger partial charge in [-0.05, 0) is 32.6 Å². The van der Waals surface area contributed by atoms with Gasteiger partial charge >= 0.3 is 7.60 Å². The molecule has 0 aliphatic rings. The molecule has 0 heterocycles. The van der Waals surface area contributed by atoms with Crippen LogP contribution < -0.4 is 0 Å². The molecule has 0 fully saturated rings. The summed E-state index contributed by atoms with van der Waals surface area (Å²) in [5, 5.41) is 0. The molecule has 3 nitrogen and oxygen atoms in total. The van der Waals surface area contributed by atoms with Gasteiger partial charge in [-0.15, -0.1) is 0 Å². The highest BCUT2D eigenvalue weighted by molar-refractivity contribution is 7.57. The van der Waals surface area contributed by atoms with E-state index in [1.54, 1.807) is 0 Å². The molecule has 20 heavy (non-hydrogen) atoms. The van der Waals surface area contributed by atoms with E-state index in [0.29, 0.717) is 0 Å². The average Bonchev–Trinajstić information content (AvgIpc) is 2.45. The van der Waals surface area contributed by atoms with Crippen molar-refractivity contribution in [3.05, 3.63) is 47.8 Å². The highest BCUT2D eigenvalue weighted by Gasteiger charge is 2.15. The molecular formula is C16H27O3P. The summed E-state index contributed by atoms with van der Waals surface area (Å²) < 4.78 is 21.5. The van der Waals surface area contributed by atoms with E-state index in [1.165, 1.54) is 25.6 Å². The number of rotatable bonds is 9. The third kappa shape index (κ3) is 9.08. The molecule has 0 aromatic carbocycles. The summed E-state index contributed by atoms with van der Waals surface area (Å²) in [4.78, 5) is 0. The number of allylic oxidation sites excluding steroid dienone is 7. The smallest absolute Gasteiger partial charge is 0.309 e. The fourth-order valence-electron chi connectivity index (χ4n) is 1.46. The predicted molar refractivity (Wildman–Crippen MR) is 86.9 cm³/mol. The molecule has 0 rings (SSSR count). The van der Waals surface area contributed by atoms with E-state index in [-0.39, 0.29) is 5.92 Å². The van der Waals surface area contributed by atoms with Gasteiger partial charge in [0, 0.05) is 20.0 Å². The van der Waals surface area contributed by atoms with Crippen LogP contribution in [0.2, 0.25) is 0 Å². The van der Waals surface area contributed by atoms with Crippen LogP contribution in [0.4, 0.5) is 0 Å². The van der Waals surface area contributed by atoms with E-state index < -0.39 is 7.60 Å². The van der Waals surface area contributed by atoms with Gasteiger partial charge in [0.25, 0.3) is 0 Å². The van der Waals surface area contributed by atoms with Gasteiger partial charge in [0.1, 0.15) is 0 Å². The quantitative estimate of drug-likeness (QED) is 0.321. The Morgan fingerprint density at radius 2 is 1.90 bits per heavy atom. The average molecular weight is 298 g/mol. The topological polar surface area (TPSA) is 35.5 Å². The first kappa shape index (κ1) is 19.1. The zero-order chi connectivity index (χ0) is 15.4. The summed E-state index contributed by atoms with van der Waals surface area (Å²) in [5.74, 6) is 1.68. The Hall–Kier alpha value is -0.890. The molecule has 0 radical (unpaired) electrons. The molecule has 0 aliphatic carbocycles. The van der Waals surface area contributed by atoms with Crippen molar-refractivity contribution in [3.8, 4) is 0 Å². The lowest BCUT2D eigenvalue weighted by atomic mass is 10.1. The first-order valence-corrected chi connectivity index (χ1v) is 8.44. The van der Waals surface area contributed by atoms with E-state index >= 15 is 0 Å². The Morgan fingerprint density at radius 1 is 1.25 bits per heavy atom. The molecule has 0 amide bonds. The van der Waals surface area contributed by atoms with Gasteiger partial charge in [0.15, 0.2) is 0 Å². The van der Waals surface area contributed by atoms with Crippen LogP contribution in [-0.4, -0.2) is 14.2 Å². The van der Waals surface area contributed by atoms with Crippen molar-refractivity contribution in [1.82, 2.24) is 0 Å². The number of hydrogen-bond donors (Lipinski definition) is 0. The minimum Gasteiger partial charge on any atom is -0.309 e. The molecule has 0 bridgehead atoms. The van der Waals surface area contributed by atoms with Crippen molar-refractivity contribution < 1.29 is 13.6 Å². The second-order valence-corrected chi connectivity index (χ2v) is 6.72. The van der Waals surface area contributed by atoms with E-state index in [2.05, 4.69) is 25.2 Å². The van der Waals surface area contributed by atoms with Gasteiger partial charge in [0.2, 0.25) is 0 Å². The molecule has 114 valence electrons. The third-order valence-electron chi connectivity index (χ3n) is 2.82. The van der Waals surface area contributed by atoms with Gasteiger partial charge in [-0.3, -0.25) is 4.57 Å². The molecule has 0 aromatic heterocycles. The maximum Gasteiger partial charge on any atom is 0.353 e. The van der Waals surface area contributed by atoms with Crippen molar-refractivity contribution in [3.63, 3.8) is 0 Å². The molecule has 1 unspecified atom stereocenters. The summed E-state index contributed by atoms with van der Waals surface area (Å²) >= 11 is 0. The predicted octanol–water partition coefficient (Wildman–Crippen LogP) is 5.48. The Bertz CT molecular complexity index is 411. The molecule has 0 aromatic rings. The Labute approximate surface area is 123 Å². The van der Waals surface area contributed by atoms with Crippen LogP contribution in [0.5, 0.6) is 0 Å². The van der Waals surface area contributed by atoms with Crippen LogP contribution in [0.15, 0.2) is 47.8 Å². The molecule has 0 N–H and O–H groups in total. The Morgan fingerprint density at radius 3 is 2.45 bits per heavy atom. The zero-order valence-corrected chi connectivity index (χ0v) is 14.1. The maximum atomic E-state index is 11.8. The highest BCUT2D eigenvalue weighted by atomic mass is 31.2. The van der Waals surface area contributed by atoms with Gasteiger partial charge in [-0.1, -0.05) is 49.0 Å². The van der Waals surface area contributed by atoms with Crippen LogP contribution >= 0.6 is 7.60 Å². The molecule has 0 aliphatic heterocycles. The van der Waals surface area contributed by atoms with Crippen LogP contribution in [0, 0.1) is 5.92 Å². The molecule has 1 atom stereocenters. The second-order valence-electron chi connectivity index (χ2n) is 4.61. The van der Waals surface area contributed by atoms with Gasteiger partial charge in [0.05, 0.1) is 0 Å². The third-order valence-corrected chi connectivity index (χ3v) is 4.37. The summed E-state index contributed by atoms with van der Waals surface area (Å²) in [6.07, 6.45) is 14.4.